The van der Waals surface area contributed by atoms with Crippen LogP contribution in [-0.4, -0.2) is 62.8 Å². The zero-order valence-electron chi connectivity index (χ0n) is 15.2. The third kappa shape index (κ3) is 3.08. The van der Waals surface area contributed by atoms with E-state index in [1.807, 2.05) is 33.8 Å². The molecular formula is C20H23N5O. The Morgan fingerprint density at radius 1 is 1.12 bits per heavy atom. The van der Waals surface area contributed by atoms with E-state index < -0.39 is 0 Å². The van der Waals surface area contributed by atoms with Crippen LogP contribution in [0.25, 0.3) is 16.9 Å². The van der Waals surface area contributed by atoms with Crippen molar-refractivity contribution in [3.63, 3.8) is 0 Å². The van der Waals surface area contributed by atoms with Gasteiger partial charge in [0.15, 0.2) is 5.65 Å². The third-order valence-corrected chi connectivity index (χ3v) is 5.03. The molecule has 6 heteroatoms. The van der Waals surface area contributed by atoms with Crippen molar-refractivity contribution in [2.75, 3.05) is 32.7 Å². The van der Waals surface area contributed by atoms with Gasteiger partial charge in [-0.15, -0.1) is 0 Å². The van der Waals surface area contributed by atoms with Gasteiger partial charge in [-0.2, -0.15) is 0 Å². The predicted octanol–water partition coefficient (Wildman–Crippen LogP) is 2.48. The minimum Gasteiger partial charge on any atom is -0.335 e. The lowest BCUT2D eigenvalue weighted by atomic mass is 10.1. The minimum atomic E-state index is -0.000640. The molecule has 1 aromatic carbocycles. The van der Waals surface area contributed by atoms with Crippen molar-refractivity contribution < 1.29 is 4.79 Å². The van der Waals surface area contributed by atoms with Crippen LogP contribution in [0.1, 0.15) is 23.0 Å². The van der Waals surface area contributed by atoms with Gasteiger partial charge < -0.3 is 14.2 Å². The number of aromatic nitrogens is 3. The Kier molecular flexibility index (Phi) is 4.42. The topological polar surface area (TPSA) is 53.7 Å². The molecule has 1 aliphatic heterocycles. The second-order valence-corrected chi connectivity index (χ2v) is 6.73. The van der Waals surface area contributed by atoms with Crippen molar-refractivity contribution >= 4 is 11.6 Å². The number of imidazole rings is 1. The molecule has 2 aromatic heterocycles. The summed E-state index contributed by atoms with van der Waals surface area (Å²) in [5, 5.41) is 0. The molecule has 0 unspecified atom stereocenters. The number of benzene rings is 1. The van der Waals surface area contributed by atoms with Crippen LogP contribution in [0.5, 0.6) is 0 Å². The van der Waals surface area contributed by atoms with Crippen LogP contribution in [0.4, 0.5) is 0 Å². The number of nitrogens with zero attached hydrogens (tertiary/aromatic N) is 5. The van der Waals surface area contributed by atoms with E-state index in [1.165, 1.54) is 5.56 Å². The van der Waals surface area contributed by atoms with Crippen LogP contribution in [0, 0.1) is 6.92 Å². The standard InChI is InChI=1S/C20H23N5O/c1-3-23-10-12-24(13-11-23)20(26)17-14-25-9-8-21-18(19(25)22-17)16-6-4-15(2)5-7-16/h4-9,14H,3,10-13H2,1-2H3. The fraction of sp³-hybridized carbons (Fsp3) is 0.350. The highest BCUT2D eigenvalue weighted by Crippen LogP contribution is 2.22. The Balaban J connectivity index is 1.65. The molecule has 3 heterocycles. The lowest BCUT2D eigenvalue weighted by molar-refractivity contribution is 0.0638. The van der Waals surface area contributed by atoms with Crippen LogP contribution >= 0.6 is 0 Å². The number of likely N-dealkylation sites (N-methyl/N-ethyl adjacent to an activating group) is 1. The number of aryl methyl sites for hydroxylation is 1. The summed E-state index contributed by atoms with van der Waals surface area (Å²) in [4.78, 5) is 26.2. The first kappa shape index (κ1) is 16.7. The van der Waals surface area contributed by atoms with Crippen molar-refractivity contribution in [2.45, 2.75) is 13.8 Å². The lowest BCUT2D eigenvalue weighted by Gasteiger charge is -2.33. The maximum absolute atomic E-state index is 12.9. The molecule has 0 N–H and O–H groups in total. The van der Waals surface area contributed by atoms with Crippen molar-refractivity contribution in [3.05, 3.63) is 54.1 Å². The molecule has 134 valence electrons. The number of fused-ring (bicyclic) bond motifs is 1. The summed E-state index contributed by atoms with van der Waals surface area (Å²) < 4.78 is 1.89. The van der Waals surface area contributed by atoms with Gasteiger partial charge in [0.05, 0.1) is 0 Å². The Morgan fingerprint density at radius 3 is 2.54 bits per heavy atom. The molecule has 1 aliphatic rings. The molecule has 26 heavy (non-hydrogen) atoms. The van der Waals surface area contributed by atoms with E-state index in [0.717, 1.165) is 44.0 Å². The highest BCUT2D eigenvalue weighted by Gasteiger charge is 2.24. The summed E-state index contributed by atoms with van der Waals surface area (Å²) in [6.45, 7) is 8.59. The van der Waals surface area contributed by atoms with Gasteiger partial charge in [0.1, 0.15) is 11.4 Å². The van der Waals surface area contributed by atoms with E-state index >= 15 is 0 Å². The molecule has 0 spiro atoms. The first-order chi connectivity index (χ1) is 12.7. The predicted molar refractivity (Wildman–Crippen MR) is 101 cm³/mol. The summed E-state index contributed by atoms with van der Waals surface area (Å²) in [7, 11) is 0. The van der Waals surface area contributed by atoms with E-state index in [1.54, 1.807) is 6.20 Å². The first-order valence-corrected chi connectivity index (χ1v) is 9.08. The highest BCUT2D eigenvalue weighted by molar-refractivity contribution is 5.93. The highest BCUT2D eigenvalue weighted by atomic mass is 16.2. The molecule has 0 bridgehead atoms. The van der Waals surface area contributed by atoms with Crippen LogP contribution in [-0.2, 0) is 0 Å². The maximum atomic E-state index is 12.9. The minimum absolute atomic E-state index is 0.000640. The van der Waals surface area contributed by atoms with Gasteiger partial charge in [0, 0.05) is 50.3 Å². The molecule has 1 amide bonds. The average Bonchev–Trinajstić information content (AvgIpc) is 3.12. The third-order valence-electron chi connectivity index (χ3n) is 5.03. The van der Waals surface area contributed by atoms with E-state index in [2.05, 4.69) is 40.8 Å². The lowest BCUT2D eigenvalue weighted by Crippen LogP contribution is -2.48. The summed E-state index contributed by atoms with van der Waals surface area (Å²) in [5.41, 5.74) is 4.19. The average molecular weight is 349 g/mol. The van der Waals surface area contributed by atoms with Crippen molar-refractivity contribution in [3.8, 4) is 11.3 Å². The van der Waals surface area contributed by atoms with Crippen LogP contribution in [0.15, 0.2) is 42.9 Å². The first-order valence-electron chi connectivity index (χ1n) is 9.08. The molecule has 3 aromatic rings. The van der Waals surface area contributed by atoms with E-state index in [0.29, 0.717) is 11.3 Å². The van der Waals surface area contributed by atoms with Crippen LogP contribution in [0.3, 0.4) is 0 Å². The number of carbonyl (C=O) groups is 1. The number of carbonyl (C=O) groups excluding carboxylic acids is 1. The van der Waals surface area contributed by atoms with Gasteiger partial charge in [0.25, 0.3) is 5.91 Å². The fourth-order valence-electron chi connectivity index (χ4n) is 3.37. The number of rotatable bonds is 3. The van der Waals surface area contributed by atoms with E-state index in [-0.39, 0.29) is 5.91 Å². The van der Waals surface area contributed by atoms with Gasteiger partial charge in [-0.1, -0.05) is 36.8 Å². The summed E-state index contributed by atoms with van der Waals surface area (Å²) in [6.07, 6.45) is 5.40. The maximum Gasteiger partial charge on any atom is 0.274 e. The second-order valence-electron chi connectivity index (χ2n) is 6.73. The molecule has 4 rings (SSSR count). The molecule has 6 nitrogen and oxygen atoms in total. The van der Waals surface area contributed by atoms with Crippen LogP contribution < -0.4 is 0 Å². The molecular weight excluding hydrogens is 326 g/mol. The smallest absolute Gasteiger partial charge is 0.274 e. The van der Waals surface area contributed by atoms with Crippen LogP contribution in [0.2, 0.25) is 0 Å². The number of piperazine rings is 1. The molecule has 0 radical (unpaired) electrons. The quantitative estimate of drug-likeness (QED) is 0.729. The fourth-order valence-corrected chi connectivity index (χ4v) is 3.37. The van der Waals surface area contributed by atoms with Gasteiger partial charge in [-0.25, -0.2) is 4.98 Å². The number of hydrogen-bond acceptors (Lipinski definition) is 4. The Morgan fingerprint density at radius 2 is 1.85 bits per heavy atom. The van der Waals surface area contributed by atoms with E-state index in [4.69, 9.17) is 0 Å². The largest absolute Gasteiger partial charge is 0.335 e. The molecule has 0 saturated carbocycles. The van der Waals surface area contributed by atoms with Gasteiger partial charge >= 0.3 is 0 Å². The van der Waals surface area contributed by atoms with Gasteiger partial charge in [-0.05, 0) is 13.5 Å². The second kappa shape index (κ2) is 6.88. The van der Waals surface area contributed by atoms with Crippen molar-refractivity contribution in [1.29, 1.82) is 0 Å². The molecule has 0 atom stereocenters. The van der Waals surface area contributed by atoms with Gasteiger partial charge in [-0.3, -0.25) is 9.78 Å². The van der Waals surface area contributed by atoms with Gasteiger partial charge in [0.2, 0.25) is 0 Å². The summed E-state index contributed by atoms with van der Waals surface area (Å²) in [5.74, 6) is -0.000640. The molecule has 1 saturated heterocycles. The summed E-state index contributed by atoms with van der Waals surface area (Å²) in [6, 6.07) is 8.20. The number of amides is 1. The molecule has 1 fully saturated rings. The molecule has 0 aliphatic carbocycles. The monoisotopic (exact) mass is 349 g/mol. The Hall–Kier alpha value is -2.73. The zero-order chi connectivity index (χ0) is 18.1. The Bertz CT molecular complexity index is 923. The Labute approximate surface area is 153 Å². The normalized spacial score (nSPS) is 15.5. The van der Waals surface area contributed by atoms with E-state index in [9.17, 15) is 4.79 Å². The van der Waals surface area contributed by atoms with Crippen molar-refractivity contribution in [1.82, 2.24) is 24.2 Å². The number of hydrogen-bond donors (Lipinski definition) is 0. The van der Waals surface area contributed by atoms with Crippen molar-refractivity contribution in [2.24, 2.45) is 0 Å². The zero-order valence-corrected chi connectivity index (χ0v) is 15.2. The summed E-state index contributed by atoms with van der Waals surface area (Å²) >= 11 is 0. The SMILES string of the molecule is CCN1CCN(C(=O)c2cn3ccnc(-c4ccc(C)cc4)c3n2)CC1.